The maximum Gasteiger partial charge on any atom is 0.255 e. The third-order valence-corrected chi connectivity index (χ3v) is 6.02. The number of nitrogens with one attached hydrogen (secondary N) is 1. The molecule has 2 aromatic carbocycles. The van der Waals surface area contributed by atoms with Crippen LogP contribution in [-0.2, 0) is 17.8 Å². The van der Waals surface area contributed by atoms with Gasteiger partial charge in [-0.25, -0.2) is 9.07 Å². The number of pyridine rings is 1. The van der Waals surface area contributed by atoms with Gasteiger partial charge in [-0.3, -0.25) is 14.2 Å². The molecule has 7 heteroatoms. The van der Waals surface area contributed by atoms with E-state index in [0.29, 0.717) is 17.8 Å². The second-order valence-electron chi connectivity index (χ2n) is 8.19. The predicted octanol–water partition coefficient (Wildman–Crippen LogP) is 4.84. The van der Waals surface area contributed by atoms with Crippen LogP contribution in [0.5, 0.6) is 0 Å². The highest BCUT2D eigenvalue weighted by atomic mass is 19.1. The van der Waals surface area contributed by atoms with Crippen molar-refractivity contribution >= 4 is 22.6 Å². The summed E-state index contributed by atoms with van der Waals surface area (Å²) < 4.78 is 17.1. The van der Waals surface area contributed by atoms with Crippen LogP contribution < -0.4 is 10.9 Å². The second kappa shape index (κ2) is 9.02. The lowest BCUT2D eigenvalue weighted by Crippen LogP contribution is -2.27. The van der Waals surface area contributed by atoms with E-state index in [9.17, 15) is 14.0 Å². The van der Waals surface area contributed by atoms with Crippen LogP contribution in [0.15, 0.2) is 53.3 Å². The van der Waals surface area contributed by atoms with Gasteiger partial charge in [0.1, 0.15) is 11.5 Å². The number of nitrogens with zero attached hydrogens (tertiary/aromatic N) is 3. The highest BCUT2D eigenvalue weighted by molar-refractivity contribution is 5.92. The Morgan fingerprint density at radius 3 is 2.52 bits per heavy atom. The van der Waals surface area contributed by atoms with Gasteiger partial charge in [-0.1, -0.05) is 24.3 Å². The van der Waals surface area contributed by atoms with Crippen LogP contribution in [-0.4, -0.2) is 20.3 Å². The van der Waals surface area contributed by atoms with E-state index in [0.717, 1.165) is 33.5 Å². The van der Waals surface area contributed by atoms with Crippen molar-refractivity contribution in [2.75, 3.05) is 5.32 Å². The summed E-state index contributed by atoms with van der Waals surface area (Å²) in [5.74, 6) is -0.670. The molecule has 0 bridgehead atoms. The summed E-state index contributed by atoms with van der Waals surface area (Å²) in [5, 5.41) is 8.41. The first-order chi connectivity index (χ1) is 15.8. The average molecular weight is 447 g/mol. The Kier molecular flexibility index (Phi) is 6.14. The molecule has 1 N–H and O–H groups in total. The molecule has 6 nitrogen and oxygen atoms in total. The molecule has 1 amide bonds. The number of para-hydroxylation sites is 1. The van der Waals surface area contributed by atoms with E-state index < -0.39 is 5.82 Å². The van der Waals surface area contributed by atoms with Crippen LogP contribution in [0, 0.1) is 26.6 Å². The highest BCUT2D eigenvalue weighted by Crippen LogP contribution is 2.26. The van der Waals surface area contributed by atoms with E-state index in [1.165, 1.54) is 12.1 Å². The monoisotopic (exact) mass is 446 g/mol. The van der Waals surface area contributed by atoms with Gasteiger partial charge in [0.15, 0.2) is 0 Å². The summed E-state index contributed by atoms with van der Waals surface area (Å²) in [7, 11) is 0. The van der Waals surface area contributed by atoms with Gasteiger partial charge < -0.3 is 5.32 Å². The van der Waals surface area contributed by atoms with Crippen molar-refractivity contribution in [3.8, 4) is 5.69 Å². The standard InChI is InChI=1S/C26H27FN4O2/c1-5-30-25-24(18(4)29-31(25)20-9-7-6-8-10-20)17(3)21(26(30)33)13-14-23(32)28-22-15-19(27)12-11-16(22)2/h6-12,15H,5,13-14H2,1-4H3,(H,28,32). The molecule has 0 atom stereocenters. The van der Waals surface area contributed by atoms with Crippen molar-refractivity contribution in [3.05, 3.63) is 87.1 Å². The maximum atomic E-state index is 13.5. The number of anilines is 1. The van der Waals surface area contributed by atoms with Gasteiger partial charge in [0.2, 0.25) is 5.91 Å². The molecule has 170 valence electrons. The molecule has 0 radical (unpaired) electrons. The van der Waals surface area contributed by atoms with Crippen molar-refractivity contribution in [1.82, 2.24) is 14.3 Å². The van der Waals surface area contributed by atoms with Crippen LogP contribution in [0.2, 0.25) is 0 Å². The van der Waals surface area contributed by atoms with Gasteiger partial charge in [-0.15, -0.1) is 0 Å². The number of fused-ring (bicyclic) bond motifs is 1. The fourth-order valence-corrected chi connectivity index (χ4v) is 4.29. The van der Waals surface area contributed by atoms with Gasteiger partial charge in [-0.2, -0.15) is 5.10 Å². The van der Waals surface area contributed by atoms with Crippen LogP contribution in [0.1, 0.15) is 35.7 Å². The van der Waals surface area contributed by atoms with Crippen LogP contribution >= 0.6 is 0 Å². The molecule has 0 saturated carbocycles. The quantitative estimate of drug-likeness (QED) is 0.461. The van der Waals surface area contributed by atoms with Gasteiger partial charge in [0, 0.05) is 29.6 Å². The van der Waals surface area contributed by atoms with Crippen molar-refractivity contribution in [1.29, 1.82) is 0 Å². The summed E-state index contributed by atoms with van der Waals surface area (Å²) in [6.07, 6.45) is 0.407. The number of amides is 1. The number of halogens is 1. The molecule has 0 unspecified atom stereocenters. The third-order valence-electron chi connectivity index (χ3n) is 6.02. The highest BCUT2D eigenvalue weighted by Gasteiger charge is 2.21. The number of rotatable bonds is 6. The van der Waals surface area contributed by atoms with E-state index in [2.05, 4.69) is 5.32 Å². The zero-order valence-corrected chi connectivity index (χ0v) is 19.3. The number of hydrogen-bond donors (Lipinski definition) is 1. The number of benzene rings is 2. The van der Waals surface area contributed by atoms with Crippen molar-refractivity contribution in [3.63, 3.8) is 0 Å². The number of aryl methyl sites for hydroxylation is 4. The van der Waals surface area contributed by atoms with E-state index in [1.54, 1.807) is 17.6 Å². The Balaban J connectivity index is 1.70. The molecule has 0 aliphatic heterocycles. The first-order valence-electron chi connectivity index (χ1n) is 11.0. The largest absolute Gasteiger partial charge is 0.326 e. The molecule has 0 aliphatic carbocycles. The number of aromatic nitrogens is 3. The Morgan fingerprint density at radius 1 is 1.09 bits per heavy atom. The summed E-state index contributed by atoms with van der Waals surface area (Å²) in [4.78, 5) is 26.0. The molecule has 4 aromatic rings. The molecular formula is C26H27FN4O2. The summed E-state index contributed by atoms with van der Waals surface area (Å²) in [5.41, 5.74) is 5.02. The van der Waals surface area contributed by atoms with Crippen molar-refractivity contribution < 1.29 is 9.18 Å². The molecular weight excluding hydrogens is 419 g/mol. The first kappa shape index (κ1) is 22.5. The van der Waals surface area contributed by atoms with Gasteiger partial charge >= 0.3 is 0 Å². The lowest BCUT2D eigenvalue weighted by Gasteiger charge is -2.15. The molecule has 0 fully saturated rings. The van der Waals surface area contributed by atoms with E-state index in [4.69, 9.17) is 5.10 Å². The minimum atomic E-state index is -0.408. The third kappa shape index (κ3) is 4.18. The van der Waals surface area contributed by atoms with Crippen LogP contribution in [0.25, 0.3) is 16.7 Å². The number of hydrogen-bond acceptors (Lipinski definition) is 3. The molecule has 2 aromatic heterocycles. The molecule has 0 aliphatic rings. The summed E-state index contributed by atoms with van der Waals surface area (Å²) in [6, 6.07) is 14.0. The van der Waals surface area contributed by atoms with Crippen molar-refractivity contribution in [2.45, 2.75) is 47.1 Å². The van der Waals surface area contributed by atoms with E-state index in [1.807, 2.05) is 55.8 Å². The lowest BCUT2D eigenvalue weighted by molar-refractivity contribution is -0.116. The molecule has 0 spiro atoms. The first-order valence-corrected chi connectivity index (χ1v) is 11.0. The topological polar surface area (TPSA) is 68.9 Å². The second-order valence-corrected chi connectivity index (χ2v) is 8.19. The molecule has 4 rings (SSSR count). The summed E-state index contributed by atoms with van der Waals surface area (Å²) in [6.45, 7) is 8.06. The smallest absolute Gasteiger partial charge is 0.255 e. The van der Waals surface area contributed by atoms with Crippen molar-refractivity contribution in [2.24, 2.45) is 0 Å². The normalized spacial score (nSPS) is 11.2. The average Bonchev–Trinajstić information content (AvgIpc) is 3.14. The predicted molar refractivity (Wildman–Crippen MR) is 129 cm³/mol. The molecule has 2 heterocycles. The fraction of sp³-hybridized carbons (Fsp3) is 0.269. The Hall–Kier alpha value is -3.74. The zero-order chi connectivity index (χ0) is 23.7. The zero-order valence-electron chi connectivity index (χ0n) is 19.3. The van der Waals surface area contributed by atoms with Gasteiger partial charge in [0.25, 0.3) is 5.56 Å². The minimum absolute atomic E-state index is 0.116. The Bertz CT molecular complexity index is 1400. The SMILES string of the molecule is CCn1c(=O)c(CCC(=O)Nc2cc(F)ccc2C)c(C)c2c(C)nn(-c3ccccc3)c21. The van der Waals surface area contributed by atoms with Gasteiger partial charge in [0.05, 0.1) is 11.4 Å². The van der Waals surface area contributed by atoms with Gasteiger partial charge in [-0.05, 0) is 69.5 Å². The van der Waals surface area contributed by atoms with Crippen LogP contribution in [0.4, 0.5) is 10.1 Å². The Morgan fingerprint density at radius 2 is 1.82 bits per heavy atom. The molecule has 0 saturated heterocycles. The lowest BCUT2D eigenvalue weighted by atomic mass is 10.0. The van der Waals surface area contributed by atoms with E-state index >= 15 is 0 Å². The molecule has 33 heavy (non-hydrogen) atoms. The fourth-order valence-electron chi connectivity index (χ4n) is 4.29. The Labute approximate surface area is 191 Å². The number of carbonyl (C=O) groups is 1. The van der Waals surface area contributed by atoms with E-state index in [-0.39, 0.29) is 24.3 Å². The maximum absolute atomic E-state index is 13.5. The summed E-state index contributed by atoms with van der Waals surface area (Å²) >= 11 is 0. The number of carbonyl (C=O) groups excluding carboxylic acids is 1. The minimum Gasteiger partial charge on any atom is -0.326 e. The van der Waals surface area contributed by atoms with Crippen LogP contribution in [0.3, 0.4) is 0 Å².